The van der Waals surface area contributed by atoms with Gasteiger partial charge < -0.3 is 15.3 Å². The minimum atomic E-state index is -0.984. The summed E-state index contributed by atoms with van der Waals surface area (Å²) >= 11 is 0. The maximum atomic E-state index is 12.1. The highest BCUT2D eigenvalue weighted by atomic mass is 16.4. The molecule has 0 spiro atoms. The molecule has 116 valence electrons. The number of aliphatic carboxylic acids is 1. The standard InChI is InChI=1S/C15H17N3O4/c1-16-14(20)11-7-10(8-17-9-11)4-5-13(19)18-6-2-3-12(18)15(21)22/h4-5,7-9,12H,2-3,6H2,1H3,(H,16,20)(H,21,22). The Hall–Kier alpha value is -2.70. The van der Waals surface area contributed by atoms with E-state index >= 15 is 0 Å². The van der Waals surface area contributed by atoms with Gasteiger partial charge in [-0.25, -0.2) is 4.79 Å². The highest BCUT2D eigenvalue weighted by molar-refractivity contribution is 5.96. The molecule has 1 aromatic rings. The second-order valence-corrected chi connectivity index (χ2v) is 4.95. The number of carboxylic acid groups (broad SMARTS) is 1. The monoisotopic (exact) mass is 303 g/mol. The molecule has 1 unspecified atom stereocenters. The van der Waals surface area contributed by atoms with Crippen LogP contribution in [0.1, 0.15) is 28.8 Å². The van der Waals surface area contributed by atoms with Crippen LogP contribution in [0, 0.1) is 0 Å². The molecule has 2 heterocycles. The minimum Gasteiger partial charge on any atom is -0.480 e. The van der Waals surface area contributed by atoms with E-state index in [0.717, 1.165) is 0 Å². The van der Waals surface area contributed by atoms with Gasteiger partial charge >= 0.3 is 5.97 Å². The number of hydrogen-bond acceptors (Lipinski definition) is 4. The van der Waals surface area contributed by atoms with Crippen molar-refractivity contribution < 1.29 is 19.5 Å². The van der Waals surface area contributed by atoms with Crippen molar-refractivity contribution in [1.82, 2.24) is 15.2 Å². The molecule has 2 rings (SSSR count). The van der Waals surface area contributed by atoms with E-state index in [1.165, 1.54) is 36.5 Å². The number of rotatable bonds is 4. The third kappa shape index (κ3) is 3.49. The third-order valence-corrected chi connectivity index (χ3v) is 3.49. The van der Waals surface area contributed by atoms with Gasteiger partial charge in [0.05, 0.1) is 5.56 Å². The summed E-state index contributed by atoms with van der Waals surface area (Å²) in [5.74, 6) is -1.60. The molecule has 2 amide bonds. The summed E-state index contributed by atoms with van der Waals surface area (Å²) in [6.07, 6.45) is 6.95. The van der Waals surface area contributed by atoms with Crippen LogP contribution in [0.15, 0.2) is 24.5 Å². The molecule has 1 saturated heterocycles. The van der Waals surface area contributed by atoms with Gasteiger partial charge in [0.25, 0.3) is 5.91 Å². The summed E-state index contributed by atoms with van der Waals surface area (Å²) < 4.78 is 0. The van der Waals surface area contributed by atoms with Gasteiger partial charge in [0.2, 0.25) is 5.91 Å². The fourth-order valence-electron chi connectivity index (χ4n) is 2.37. The molecular weight excluding hydrogens is 286 g/mol. The second-order valence-electron chi connectivity index (χ2n) is 4.95. The first-order valence-electron chi connectivity index (χ1n) is 6.91. The minimum absolute atomic E-state index is 0.264. The lowest BCUT2D eigenvalue weighted by molar-refractivity contribution is -0.146. The summed E-state index contributed by atoms with van der Waals surface area (Å²) in [7, 11) is 1.52. The van der Waals surface area contributed by atoms with E-state index in [2.05, 4.69) is 10.3 Å². The number of carbonyl (C=O) groups is 3. The molecule has 22 heavy (non-hydrogen) atoms. The van der Waals surface area contributed by atoms with Crippen molar-refractivity contribution in [2.75, 3.05) is 13.6 Å². The molecule has 1 aliphatic heterocycles. The summed E-state index contributed by atoms with van der Waals surface area (Å²) in [5.41, 5.74) is 0.988. The number of likely N-dealkylation sites (tertiary alicyclic amines) is 1. The first-order valence-corrected chi connectivity index (χ1v) is 6.91. The van der Waals surface area contributed by atoms with E-state index in [-0.39, 0.29) is 11.8 Å². The Bertz CT molecular complexity index is 627. The normalized spacial score (nSPS) is 17.7. The summed E-state index contributed by atoms with van der Waals surface area (Å²) in [6.45, 7) is 0.441. The molecule has 1 aliphatic rings. The van der Waals surface area contributed by atoms with E-state index in [0.29, 0.717) is 30.5 Å². The molecule has 0 aromatic carbocycles. The molecule has 0 bridgehead atoms. The zero-order valence-corrected chi connectivity index (χ0v) is 12.2. The van der Waals surface area contributed by atoms with Crippen LogP contribution in [-0.4, -0.2) is 52.4 Å². The van der Waals surface area contributed by atoms with Crippen LogP contribution < -0.4 is 5.32 Å². The Morgan fingerprint density at radius 3 is 2.86 bits per heavy atom. The van der Waals surface area contributed by atoms with Crippen molar-refractivity contribution >= 4 is 23.9 Å². The molecule has 1 aromatic heterocycles. The predicted molar refractivity (Wildman–Crippen MR) is 79.0 cm³/mol. The van der Waals surface area contributed by atoms with Gasteiger partial charge in [0.1, 0.15) is 6.04 Å². The quantitative estimate of drug-likeness (QED) is 0.790. The van der Waals surface area contributed by atoms with Crippen LogP contribution in [0.25, 0.3) is 6.08 Å². The molecule has 7 heteroatoms. The molecular formula is C15H17N3O4. The molecule has 7 nitrogen and oxygen atoms in total. The van der Waals surface area contributed by atoms with Crippen molar-refractivity contribution in [2.24, 2.45) is 0 Å². The van der Waals surface area contributed by atoms with Crippen LogP contribution in [0.4, 0.5) is 0 Å². The molecule has 2 N–H and O–H groups in total. The lowest BCUT2D eigenvalue weighted by atomic mass is 10.2. The number of nitrogens with one attached hydrogen (secondary N) is 1. The van der Waals surface area contributed by atoms with Gasteiger partial charge in [-0.3, -0.25) is 14.6 Å². The van der Waals surface area contributed by atoms with Crippen LogP contribution in [0.2, 0.25) is 0 Å². The Balaban J connectivity index is 2.10. The molecule has 1 atom stereocenters. The third-order valence-electron chi connectivity index (χ3n) is 3.49. The average Bonchev–Trinajstić information content (AvgIpc) is 3.02. The fraction of sp³-hybridized carbons (Fsp3) is 0.333. The van der Waals surface area contributed by atoms with Crippen LogP contribution in [-0.2, 0) is 9.59 Å². The molecule has 0 saturated carbocycles. The maximum Gasteiger partial charge on any atom is 0.326 e. The Morgan fingerprint density at radius 1 is 1.41 bits per heavy atom. The Labute approximate surface area is 127 Å². The topological polar surface area (TPSA) is 99.6 Å². The maximum absolute atomic E-state index is 12.1. The SMILES string of the molecule is CNC(=O)c1cncc(C=CC(=O)N2CCCC2C(=O)O)c1. The van der Waals surface area contributed by atoms with Crippen LogP contribution >= 0.6 is 0 Å². The van der Waals surface area contributed by atoms with E-state index < -0.39 is 12.0 Å². The van der Waals surface area contributed by atoms with E-state index in [1.807, 2.05) is 0 Å². The number of aromatic nitrogens is 1. The Morgan fingerprint density at radius 2 is 2.18 bits per heavy atom. The van der Waals surface area contributed by atoms with Crippen molar-refractivity contribution in [3.63, 3.8) is 0 Å². The number of nitrogens with zero attached hydrogens (tertiary/aromatic N) is 2. The molecule has 1 fully saturated rings. The van der Waals surface area contributed by atoms with E-state index in [4.69, 9.17) is 5.11 Å². The smallest absolute Gasteiger partial charge is 0.326 e. The summed E-state index contributed by atoms with van der Waals surface area (Å²) in [4.78, 5) is 40.0. The summed E-state index contributed by atoms with van der Waals surface area (Å²) in [6, 6.07) is 0.848. The van der Waals surface area contributed by atoms with Crippen LogP contribution in [0.5, 0.6) is 0 Å². The number of carbonyl (C=O) groups excluding carboxylic acids is 2. The highest BCUT2D eigenvalue weighted by Gasteiger charge is 2.32. The van der Waals surface area contributed by atoms with Crippen molar-refractivity contribution in [3.8, 4) is 0 Å². The number of hydrogen-bond donors (Lipinski definition) is 2. The van der Waals surface area contributed by atoms with Gasteiger partial charge in [-0.15, -0.1) is 0 Å². The van der Waals surface area contributed by atoms with E-state index in [9.17, 15) is 14.4 Å². The van der Waals surface area contributed by atoms with Gasteiger partial charge in [0.15, 0.2) is 0 Å². The van der Waals surface area contributed by atoms with Crippen molar-refractivity contribution in [2.45, 2.75) is 18.9 Å². The number of carboxylic acids is 1. The van der Waals surface area contributed by atoms with Gasteiger partial charge in [-0.05, 0) is 30.5 Å². The average molecular weight is 303 g/mol. The lowest BCUT2D eigenvalue weighted by Gasteiger charge is -2.19. The lowest BCUT2D eigenvalue weighted by Crippen LogP contribution is -2.39. The van der Waals surface area contributed by atoms with Gasteiger partial charge in [-0.1, -0.05) is 0 Å². The first kappa shape index (κ1) is 15.7. The number of amides is 2. The second kappa shape index (κ2) is 6.84. The largest absolute Gasteiger partial charge is 0.480 e. The Kier molecular flexibility index (Phi) is 4.88. The molecule has 0 aliphatic carbocycles. The predicted octanol–water partition coefficient (Wildman–Crippen LogP) is 0.530. The van der Waals surface area contributed by atoms with Gasteiger partial charge in [0, 0.05) is 32.1 Å². The zero-order chi connectivity index (χ0) is 16.1. The highest BCUT2D eigenvalue weighted by Crippen LogP contribution is 2.18. The van der Waals surface area contributed by atoms with E-state index in [1.54, 1.807) is 6.07 Å². The molecule has 0 radical (unpaired) electrons. The fourth-order valence-corrected chi connectivity index (χ4v) is 2.37. The van der Waals surface area contributed by atoms with Gasteiger partial charge in [-0.2, -0.15) is 0 Å². The first-order chi connectivity index (χ1) is 10.5. The van der Waals surface area contributed by atoms with Crippen molar-refractivity contribution in [3.05, 3.63) is 35.7 Å². The number of pyridine rings is 1. The summed E-state index contributed by atoms with van der Waals surface area (Å²) in [5, 5.41) is 11.6. The van der Waals surface area contributed by atoms with Crippen LogP contribution in [0.3, 0.4) is 0 Å². The van der Waals surface area contributed by atoms with Crippen molar-refractivity contribution in [1.29, 1.82) is 0 Å². The zero-order valence-electron chi connectivity index (χ0n) is 12.2.